The Hall–Kier alpha value is -3.46. The first kappa shape index (κ1) is 21.4. The predicted molar refractivity (Wildman–Crippen MR) is 130 cm³/mol. The van der Waals surface area contributed by atoms with Gasteiger partial charge in [0.05, 0.1) is 24.6 Å². The number of fused-ring (bicyclic) bond motifs is 1. The molecule has 0 bridgehead atoms. The summed E-state index contributed by atoms with van der Waals surface area (Å²) in [4.78, 5) is 34.9. The highest BCUT2D eigenvalue weighted by molar-refractivity contribution is 5.82. The van der Waals surface area contributed by atoms with Gasteiger partial charge in [-0.05, 0) is 39.2 Å². The molecule has 5 rings (SSSR count). The molecule has 2 aliphatic rings. The van der Waals surface area contributed by atoms with Crippen LogP contribution in [0.1, 0.15) is 31.9 Å². The van der Waals surface area contributed by atoms with Gasteiger partial charge in [0.1, 0.15) is 16.9 Å². The van der Waals surface area contributed by atoms with Crippen molar-refractivity contribution < 1.29 is 4.74 Å². The fourth-order valence-electron chi connectivity index (χ4n) is 4.36. The number of nitrogens with zero attached hydrogens (tertiary/aromatic N) is 4. The highest BCUT2D eigenvalue weighted by Gasteiger charge is 2.20. The second-order valence-electron chi connectivity index (χ2n) is 8.57. The average molecular weight is 448 g/mol. The van der Waals surface area contributed by atoms with Gasteiger partial charge < -0.3 is 24.9 Å². The van der Waals surface area contributed by atoms with Crippen LogP contribution in [0, 0.1) is 6.92 Å². The normalized spacial score (nSPS) is 16.6. The molecule has 1 fully saturated rings. The van der Waals surface area contributed by atoms with Gasteiger partial charge in [0.15, 0.2) is 5.65 Å². The summed E-state index contributed by atoms with van der Waals surface area (Å²) in [6, 6.07) is 1.87. The number of aryl methyl sites for hydroxylation is 1. The second kappa shape index (κ2) is 9.19. The lowest BCUT2D eigenvalue weighted by molar-refractivity contribution is 0.122. The summed E-state index contributed by atoms with van der Waals surface area (Å²) in [5.41, 5.74) is 5.87. The van der Waals surface area contributed by atoms with E-state index in [1.807, 2.05) is 13.0 Å². The Morgan fingerprint density at radius 2 is 2.03 bits per heavy atom. The van der Waals surface area contributed by atoms with E-state index >= 15 is 0 Å². The predicted octanol–water partition coefficient (Wildman–Crippen LogP) is 3.32. The van der Waals surface area contributed by atoms with Gasteiger partial charge in [0.25, 0.3) is 5.56 Å². The van der Waals surface area contributed by atoms with Crippen molar-refractivity contribution in [2.24, 2.45) is 0 Å². The van der Waals surface area contributed by atoms with E-state index in [0.29, 0.717) is 36.2 Å². The minimum absolute atomic E-state index is 0.203. The maximum absolute atomic E-state index is 12.8. The number of H-pyrrole nitrogens is 2. The van der Waals surface area contributed by atoms with E-state index in [2.05, 4.69) is 54.2 Å². The quantitative estimate of drug-likeness (QED) is 0.531. The molecule has 0 radical (unpaired) electrons. The lowest BCUT2D eigenvalue weighted by atomic mass is 9.99. The molecule has 33 heavy (non-hydrogen) atoms. The molecule has 1 saturated heterocycles. The Labute approximate surface area is 192 Å². The summed E-state index contributed by atoms with van der Waals surface area (Å²) in [5, 5.41) is 3.43. The Balaban J connectivity index is 1.42. The highest BCUT2D eigenvalue weighted by Crippen LogP contribution is 2.26. The summed E-state index contributed by atoms with van der Waals surface area (Å²) in [6.07, 6.45) is 9.34. The molecule has 0 spiro atoms. The molecule has 1 aliphatic carbocycles. The van der Waals surface area contributed by atoms with Gasteiger partial charge in [-0.3, -0.25) is 4.79 Å². The van der Waals surface area contributed by atoms with Crippen molar-refractivity contribution in [2.45, 2.75) is 33.1 Å². The van der Waals surface area contributed by atoms with Crippen molar-refractivity contribution in [2.75, 3.05) is 43.1 Å². The van der Waals surface area contributed by atoms with Crippen LogP contribution >= 0.6 is 0 Å². The largest absolute Gasteiger partial charge is 0.384 e. The molecular formula is C24H29N7O2. The Morgan fingerprint density at radius 3 is 2.85 bits per heavy atom. The summed E-state index contributed by atoms with van der Waals surface area (Å²) >= 11 is 0. The lowest BCUT2D eigenvalue weighted by Crippen LogP contribution is -2.37. The van der Waals surface area contributed by atoms with Crippen LogP contribution in [0.2, 0.25) is 0 Å². The topological polar surface area (TPSA) is 112 Å². The Kier molecular flexibility index (Phi) is 5.95. The Morgan fingerprint density at radius 1 is 1.18 bits per heavy atom. The van der Waals surface area contributed by atoms with Gasteiger partial charge in [-0.15, -0.1) is 0 Å². The molecule has 0 amide bonds. The number of anilines is 2. The monoisotopic (exact) mass is 447 g/mol. The van der Waals surface area contributed by atoms with Crippen molar-refractivity contribution in [1.29, 1.82) is 0 Å². The van der Waals surface area contributed by atoms with E-state index in [1.165, 1.54) is 11.1 Å². The lowest BCUT2D eigenvalue weighted by Gasteiger charge is -2.26. The van der Waals surface area contributed by atoms with Gasteiger partial charge in [-0.2, -0.15) is 4.98 Å². The molecule has 9 nitrogen and oxygen atoms in total. The number of ether oxygens (including phenoxy) is 1. The molecule has 172 valence electrons. The van der Waals surface area contributed by atoms with Crippen molar-refractivity contribution in [1.82, 2.24) is 24.9 Å². The molecule has 3 N–H and O–H groups in total. The maximum atomic E-state index is 12.8. The van der Waals surface area contributed by atoms with Crippen molar-refractivity contribution in [3.8, 4) is 11.4 Å². The molecular weight excluding hydrogens is 418 g/mol. The third-order valence-electron chi connectivity index (χ3n) is 6.12. The van der Waals surface area contributed by atoms with E-state index in [-0.39, 0.29) is 5.56 Å². The number of morpholine rings is 1. The first-order chi connectivity index (χ1) is 16.1. The van der Waals surface area contributed by atoms with Gasteiger partial charge >= 0.3 is 0 Å². The van der Waals surface area contributed by atoms with E-state index in [1.54, 1.807) is 6.20 Å². The number of aromatic nitrogens is 5. The molecule has 0 saturated carbocycles. The van der Waals surface area contributed by atoms with Crippen LogP contribution in [0.5, 0.6) is 0 Å². The summed E-state index contributed by atoms with van der Waals surface area (Å²) < 4.78 is 5.43. The summed E-state index contributed by atoms with van der Waals surface area (Å²) in [5.74, 6) is 1.13. The molecule has 0 aromatic carbocycles. The third-order valence-corrected chi connectivity index (χ3v) is 6.12. The molecule has 1 aliphatic heterocycles. The van der Waals surface area contributed by atoms with Gasteiger partial charge in [0, 0.05) is 25.8 Å². The maximum Gasteiger partial charge on any atom is 0.261 e. The highest BCUT2D eigenvalue weighted by atomic mass is 16.5. The van der Waals surface area contributed by atoms with Gasteiger partial charge in [-0.25, -0.2) is 9.97 Å². The molecule has 4 heterocycles. The first-order valence-corrected chi connectivity index (χ1v) is 11.5. The first-order valence-electron chi connectivity index (χ1n) is 11.5. The molecule has 3 aromatic rings. The number of nitrogens with one attached hydrogen (secondary N) is 3. The summed E-state index contributed by atoms with van der Waals surface area (Å²) in [6.45, 7) is 7.65. The SMILES string of the molecule is CC1=CC(CCNc2cc[nH]c(=O)c2-c2nc3nc(N4CCOCC4)nc(C)c3[nH]2)=CCC1. The minimum atomic E-state index is -0.203. The fourth-order valence-corrected chi connectivity index (χ4v) is 4.36. The van der Waals surface area contributed by atoms with E-state index in [4.69, 9.17) is 4.74 Å². The number of allylic oxidation sites excluding steroid dienone is 3. The number of pyridine rings is 1. The number of rotatable bonds is 6. The van der Waals surface area contributed by atoms with Gasteiger partial charge in [-0.1, -0.05) is 23.3 Å². The van der Waals surface area contributed by atoms with Crippen LogP contribution < -0.4 is 15.8 Å². The minimum Gasteiger partial charge on any atom is -0.384 e. The second-order valence-corrected chi connectivity index (χ2v) is 8.57. The molecule has 0 atom stereocenters. The van der Waals surface area contributed by atoms with Crippen LogP contribution in [-0.4, -0.2) is 57.8 Å². The summed E-state index contributed by atoms with van der Waals surface area (Å²) in [7, 11) is 0. The van der Waals surface area contributed by atoms with E-state index in [0.717, 1.165) is 55.8 Å². The van der Waals surface area contributed by atoms with Gasteiger partial charge in [0.2, 0.25) is 5.95 Å². The number of aromatic amines is 2. The van der Waals surface area contributed by atoms with Crippen molar-refractivity contribution in [3.63, 3.8) is 0 Å². The zero-order chi connectivity index (χ0) is 22.8. The fraction of sp³-hybridized carbons (Fsp3) is 0.417. The number of hydrogen-bond acceptors (Lipinski definition) is 7. The molecule has 3 aromatic heterocycles. The zero-order valence-electron chi connectivity index (χ0n) is 19.1. The van der Waals surface area contributed by atoms with Crippen LogP contribution in [0.25, 0.3) is 22.6 Å². The van der Waals surface area contributed by atoms with Crippen molar-refractivity contribution >= 4 is 22.8 Å². The number of hydrogen-bond donors (Lipinski definition) is 3. The van der Waals surface area contributed by atoms with Crippen LogP contribution in [0.4, 0.5) is 11.6 Å². The van der Waals surface area contributed by atoms with Crippen molar-refractivity contribution in [3.05, 3.63) is 51.6 Å². The van der Waals surface area contributed by atoms with Crippen LogP contribution in [0.15, 0.2) is 40.4 Å². The number of imidazole rings is 1. The zero-order valence-corrected chi connectivity index (χ0v) is 19.1. The van der Waals surface area contributed by atoms with E-state index < -0.39 is 0 Å². The average Bonchev–Trinajstić information content (AvgIpc) is 3.24. The standard InChI is InChI=1S/C24H29N7O2/c1-15-4-3-5-17(14-15)6-8-25-18-7-9-26-23(32)19(18)21-28-20-16(2)27-24(30-22(20)29-21)31-10-12-33-13-11-31/h5,7,9,14H,3-4,6,8,10-13H2,1-2H3,(H2,25,26,32)(H,27,28,29,30). The molecule has 9 heteroatoms. The van der Waals surface area contributed by atoms with Crippen LogP contribution in [0.3, 0.4) is 0 Å². The third kappa shape index (κ3) is 4.54. The van der Waals surface area contributed by atoms with E-state index in [9.17, 15) is 4.79 Å². The smallest absolute Gasteiger partial charge is 0.261 e. The van der Waals surface area contributed by atoms with Crippen LogP contribution in [-0.2, 0) is 4.74 Å². The molecule has 0 unspecified atom stereocenters. The Bertz CT molecular complexity index is 1280.